The molecule has 0 bridgehead atoms. The molecule has 0 spiro atoms. The molecule has 1 aliphatic carbocycles. The Kier molecular flexibility index (Phi) is 4.37. The van der Waals surface area contributed by atoms with Crippen LogP contribution in [0.25, 0.3) is 0 Å². The van der Waals surface area contributed by atoms with Crippen molar-refractivity contribution in [1.29, 1.82) is 0 Å². The van der Waals surface area contributed by atoms with Gasteiger partial charge in [0.1, 0.15) is 12.2 Å². The first-order valence-electron chi connectivity index (χ1n) is 6.78. The van der Waals surface area contributed by atoms with Crippen molar-refractivity contribution in [2.75, 3.05) is 6.61 Å². The minimum absolute atomic E-state index is 0.259. The van der Waals surface area contributed by atoms with E-state index in [1.54, 1.807) is 19.1 Å². The zero-order chi connectivity index (χ0) is 14.6. The van der Waals surface area contributed by atoms with E-state index in [1.165, 1.54) is 12.1 Å². The molecule has 0 radical (unpaired) electrons. The normalized spacial score (nSPS) is 16.1. The second kappa shape index (κ2) is 6.03. The minimum atomic E-state index is -0.529. The van der Waals surface area contributed by atoms with E-state index in [-0.39, 0.29) is 24.8 Å². The van der Waals surface area contributed by atoms with Crippen molar-refractivity contribution in [3.63, 3.8) is 0 Å². The summed E-state index contributed by atoms with van der Waals surface area (Å²) in [5, 5.41) is 2.89. The minimum Gasteiger partial charge on any atom is -0.466 e. The van der Waals surface area contributed by atoms with Gasteiger partial charge in [0.2, 0.25) is 5.91 Å². The number of halogens is 1. The third-order valence-electron chi connectivity index (χ3n) is 3.59. The van der Waals surface area contributed by atoms with Crippen molar-refractivity contribution in [3.05, 3.63) is 35.6 Å². The largest absolute Gasteiger partial charge is 0.466 e. The molecule has 0 aromatic heterocycles. The van der Waals surface area contributed by atoms with Crippen LogP contribution in [0.1, 0.15) is 38.2 Å². The fourth-order valence-corrected chi connectivity index (χ4v) is 2.44. The molecule has 0 atom stereocenters. The Bertz CT molecular complexity index is 494. The molecule has 1 aromatic carbocycles. The summed E-state index contributed by atoms with van der Waals surface area (Å²) in [4.78, 5) is 23.2. The van der Waals surface area contributed by atoms with Gasteiger partial charge in [-0.3, -0.25) is 9.59 Å². The third-order valence-corrected chi connectivity index (χ3v) is 3.59. The maximum absolute atomic E-state index is 13.0. The fourth-order valence-electron chi connectivity index (χ4n) is 2.44. The summed E-state index contributed by atoms with van der Waals surface area (Å²) in [7, 11) is 0. The molecule has 0 unspecified atom stereocenters. The van der Waals surface area contributed by atoms with Crippen LogP contribution in [0.3, 0.4) is 0 Å². The molecular weight excluding hydrogens is 261 g/mol. The fraction of sp³-hybridized carbons (Fsp3) is 0.467. The molecule has 1 aromatic rings. The van der Waals surface area contributed by atoms with E-state index in [2.05, 4.69) is 5.32 Å². The second-order valence-electron chi connectivity index (χ2n) is 4.97. The first-order chi connectivity index (χ1) is 9.55. The Labute approximate surface area is 117 Å². The molecule has 4 nitrogen and oxygen atoms in total. The lowest BCUT2D eigenvalue weighted by Crippen LogP contribution is -2.51. The highest BCUT2D eigenvalue weighted by molar-refractivity contribution is 5.94. The predicted octanol–water partition coefficient (Wildman–Crippen LogP) is 2.27. The van der Waals surface area contributed by atoms with Crippen LogP contribution in [0, 0.1) is 5.82 Å². The van der Waals surface area contributed by atoms with Gasteiger partial charge in [0.15, 0.2) is 0 Å². The van der Waals surface area contributed by atoms with Crippen LogP contribution in [0.4, 0.5) is 4.39 Å². The molecule has 0 heterocycles. The number of ether oxygens (including phenoxy) is 1. The molecule has 108 valence electrons. The highest BCUT2D eigenvalue weighted by Gasteiger charge is 2.40. The molecular formula is C15H18FNO3. The second-order valence-corrected chi connectivity index (χ2v) is 4.97. The van der Waals surface area contributed by atoms with Crippen LogP contribution in [-0.2, 0) is 19.9 Å². The van der Waals surface area contributed by atoms with Gasteiger partial charge in [-0.05, 0) is 43.9 Å². The van der Waals surface area contributed by atoms with Crippen LogP contribution < -0.4 is 5.32 Å². The Hall–Kier alpha value is -1.91. The Balaban J connectivity index is 2.03. The van der Waals surface area contributed by atoms with Gasteiger partial charge in [0.25, 0.3) is 0 Å². The standard InChI is InChI=1S/C15H18FNO3/c1-2-20-14(19)10-13(18)17-15(8-3-9-15)11-4-6-12(16)7-5-11/h4-7H,2-3,8-10H2,1H3,(H,17,18). The summed E-state index contributed by atoms with van der Waals surface area (Å²) in [5.74, 6) is -1.19. The average molecular weight is 279 g/mol. The number of carbonyl (C=O) groups excluding carboxylic acids is 2. The maximum Gasteiger partial charge on any atom is 0.315 e. The van der Waals surface area contributed by atoms with Crippen molar-refractivity contribution in [1.82, 2.24) is 5.32 Å². The van der Waals surface area contributed by atoms with Crippen molar-refractivity contribution in [3.8, 4) is 0 Å². The summed E-state index contributed by atoms with van der Waals surface area (Å²) in [6.45, 7) is 1.96. The lowest BCUT2D eigenvalue weighted by atomic mass is 9.71. The van der Waals surface area contributed by atoms with E-state index in [0.717, 1.165) is 24.8 Å². The summed E-state index contributed by atoms with van der Waals surface area (Å²) in [6.07, 6.45) is 2.31. The van der Waals surface area contributed by atoms with E-state index in [0.29, 0.717) is 0 Å². The molecule has 0 saturated heterocycles. The number of hydrogen-bond acceptors (Lipinski definition) is 3. The number of nitrogens with one attached hydrogen (secondary N) is 1. The van der Waals surface area contributed by atoms with E-state index in [4.69, 9.17) is 4.74 Å². The highest BCUT2D eigenvalue weighted by Crippen LogP contribution is 2.41. The summed E-state index contributed by atoms with van der Waals surface area (Å²) >= 11 is 0. The van der Waals surface area contributed by atoms with Gasteiger partial charge < -0.3 is 10.1 Å². The highest BCUT2D eigenvalue weighted by atomic mass is 19.1. The monoisotopic (exact) mass is 279 g/mol. The van der Waals surface area contributed by atoms with Crippen LogP contribution >= 0.6 is 0 Å². The first kappa shape index (κ1) is 14.5. The lowest BCUT2D eigenvalue weighted by molar-refractivity contribution is -0.146. The van der Waals surface area contributed by atoms with Crippen LogP contribution in [-0.4, -0.2) is 18.5 Å². The molecule has 1 N–H and O–H groups in total. The first-order valence-corrected chi connectivity index (χ1v) is 6.78. The van der Waals surface area contributed by atoms with Crippen LogP contribution in [0.2, 0.25) is 0 Å². The van der Waals surface area contributed by atoms with E-state index < -0.39 is 11.5 Å². The van der Waals surface area contributed by atoms with Gasteiger partial charge in [-0.15, -0.1) is 0 Å². The SMILES string of the molecule is CCOC(=O)CC(=O)NC1(c2ccc(F)cc2)CCC1. The van der Waals surface area contributed by atoms with E-state index in [9.17, 15) is 14.0 Å². The Morgan fingerprint density at radius 1 is 1.30 bits per heavy atom. The zero-order valence-corrected chi connectivity index (χ0v) is 11.4. The van der Waals surface area contributed by atoms with Gasteiger partial charge in [0.05, 0.1) is 12.1 Å². The molecule has 2 rings (SSSR count). The van der Waals surface area contributed by atoms with Gasteiger partial charge >= 0.3 is 5.97 Å². The number of carbonyl (C=O) groups is 2. The maximum atomic E-state index is 13.0. The molecule has 5 heteroatoms. The quantitative estimate of drug-likeness (QED) is 0.664. The van der Waals surface area contributed by atoms with Gasteiger partial charge in [-0.1, -0.05) is 12.1 Å². The van der Waals surface area contributed by atoms with Crippen molar-refractivity contribution >= 4 is 11.9 Å². The smallest absolute Gasteiger partial charge is 0.315 e. The van der Waals surface area contributed by atoms with E-state index >= 15 is 0 Å². The molecule has 1 amide bonds. The number of rotatable bonds is 5. The molecule has 1 aliphatic rings. The summed E-state index contributed by atoms with van der Waals surface area (Å²) in [6, 6.07) is 6.12. The molecule has 1 fully saturated rings. The van der Waals surface area contributed by atoms with Gasteiger partial charge in [-0.2, -0.15) is 0 Å². The number of benzene rings is 1. The molecule has 0 aliphatic heterocycles. The van der Waals surface area contributed by atoms with Gasteiger partial charge in [0, 0.05) is 0 Å². The van der Waals surface area contributed by atoms with Crippen molar-refractivity contribution < 1.29 is 18.7 Å². The predicted molar refractivity (Wildman–Crippen MR) is 71.3 cm³/mol. The number of amides is 1. The Morgan fingerprint density at radius 3 is 2.45 bits per heavy atom. The number of esters is 1. The molecule has 1 saturated carbocycles. The third kappa shape index (κ3) is 3.15. The van der Waals surface area contributed by atoms with Crippen molar-refractivity contribution in [2.45, 2.75) is 38.1 Å². The van der Waals surface area contributed by atoms with Crippen molar-refractivity contribution in [2.24, 2.45) is 0 Å². The Morgan fingerprint density at radius 2 is 1.95 bits per heavy atom. The summed E-state index contributed by atoms with van der Waals surface area (Å²) < 4.78 is 17.7. The zero-order valence-electron chi connectivity index (χ0n) is 11.4. The summed E-state index contributed by atoms with van der Waals surface area (Å²) in [5.41, 5.74) is 0.416. The van der Waals surface area contributed by atoms with Gasteiger partial charge in [-0.25, -0.2) is 4.39 Å². The topological polar surface area (TPSA) is 55.4 Å². The van der Waals surface area contributed by atoms with Crippen LogP contribution in [0.15, 0.2) is 24.3 Å². The average Bonchev–Trinajstić information content (AvgIpc) is 2.35. The van der Waals surface area contributed by atoms with E-state index in [1.807, 2.05) is 0 Å². The van der Waals surface area contributed by atoms with Crippen LogP contribution in [0.5, 0.6) is 0 Å². The lowest BCUT2D eigenvalue weighted by Gasteiger charge is -2.43. The number of hydrogen-bond donors (Lipinski definition) is 1. The molecule has 20 heavy (non-hydrogen) atoms.